The van der Waals surface area contributed by atoms with E-state index in [0.29, 0.717) is 54.8 Å². The van der Waals surface area contributed by atoms with Gasteiger partial charge in [-0.25, -0.2) is 4.98 Å². The summed E-state index contributed by atoms with van der Waals surface area (Å²) in [6.45, 7) is 4.50. The number of piperidine rings is 1. The summed E-state index contributed by atoms with van der Waals surface area (Å²) in [6.07, 6.45) is 3.36. The Kier molecular flexibility index (Phi) is 8.74. The molecule has 3 aromatic rings. The monoisotopic (exact) mass is 502 g/mol. The Hall–Kier alpha value is -3.91. The van der Waals surface area contributed by atoms with Crippen molar-refractivity contribution in [3.63, 3.8) is 0 Å². The van der Waals surface area contributed by atoms with E-state index in [-0.39, 0.29) is 11.8 Å². The standard InChI is InChI=1S/C29H34N4O4/c1-20-4-5-23(18-26(20)32-28(34)24-8-11-27(31-19-24)30-14-17-36-2)29(35)33-15-12-22(13-16-33)21-6-9-25(37-3)10-7-21/h4-11,18-19,22H,12-17H2,1-3H3,(H,30,31)(H,32,34). The topological polar surface area (TPSA) is 92.8 Å². The molecule has 1 fully saturated rings. The molecule has 194 valence electrons. The quantitative estimate of drug-likeness (QED) is 0.411. The fourth-order valence-electron chi connectivity index (χ4n) is 4.47. The Morgan fingerprint density at radius 3 is 2.38 bits per heavy atom. The van der Waals surface area contributed by atoms with Gasteiger partial charge in [0.15, 0.2) is 0 Å². The number of benzene rings is 2. The third-order valence-corrected chi connectivity index (χ3v) is 6.74. The number of carbonyl (C=O) groups is 2. The second-order valence-electron chi connectivity index (χ2n) is 9.18. The maximum Gasteiger partial charge on any atom is 0.257 e. The highest BCUT2D eigenvalue weighted by molar-refractivity contribution is 6.05. The van der Waals surface area contributed by atoms with Gasteiger partial charge in [0.2, 0.25) is 0 Å². The number of ether oxygens (including phenoxy) is 2. The van der Waals surface area contributed by atoms with E-state index < -0.39 is 0 Å². The molecule has 4 rings (SSSR count). The molecule has 0 radical (unpaired) electrons. The van der Waals surface area contributed by atoms with Crippen LogP contribution in [-0.2, 0) is 4.74 Å². The highest BCUT2D eigenvalue weighted by Crippen LogP contribution is 2.30. The van der Waals surface area contributed by atoms with Crippen LogP contribution in [0.1, 0.15) is 50.6 Å². The van der Waals surface area contributed by atoms with Crippen molar-refractivity contribution >= 4 is 23.3 Å². The van der Waals surface area contributed by atoms with Gasteiger partial charge >= 0.3 is 0 Å². The van der Waals surface area contributed by atoms with Crippen LogP contribution in [0.3, 0.4) is 0 Å². The van der Waals surface area contributed by atoms with Gasteiger partial charge in [-0.3, -0.25) is 9.59 Å². The van der Waals surface area contributed by atoms with Crippen molar-refractivity contribution in [2.75, 3.05) is 51.1 Å². The van der Waals surface area contributed by atoms with Crippen molar-refractivity contribution in [3.8, 4) is 5.75 Å². The highest BCUT2D eigenvalue weighted by Gasteiger charge is 2.25. The van der Waals surface area contributed by atoms with E-state index in [1.807, 2.05) is 36.1 Å². The van der Waals surface area contributed by atoms with E-state index in [1.165, 1.54) is 11.8 Å². The first-order valence-corrected chi connectivity index (χ1v) is 12.5. The van der Waals surface area contributed by atoms with Crippen LogP contribution in [0.5, 0.6) is 5.75 Å². The lowest BCUT2D eigenvalue weighted by molar-refractivity contribution is 0.0712. The lowest BCUT2D eigenvalue weighted by atomic mass is 9.89. The number of rotatable bonds is 9. The zero-order valence-electron chi connectivity index (χ0n) is 21.6. The summed E-state index contributed by atoms with van der Waals surface area (Å²) in [5.41, 5.74) is 3.79. The number of hydrogen-bond acceptors (Lipinski definition) is 6. The number of pyridine rings is 1. The number of anilines is 2. The Morgan fingerprint density at radius 1 is 1.00 bits per heavy atom. The predicted molar refractivity (Wildman–Crippen MR) is 145 cm³/mol. The summed E-state index contributed by atoms with van der Waals surface area (Å²) in [5.74, 6) is 1.66. The lowest BCUT2D eigenvalue weighted by Gasteiger charge is -2.32. The minimum atomic E-state index is -0.274. The van der Waals surface area contributed by atoms with Crippen molar-refractivity contribution in [1.29, 1.82) is 0 Å². The van der Waals surface area contributed by atoms with Gasteiger partial charge < -0.3 is 25.0 Å². The van der Waals surface area contributed by atoms with E-state index >= 15 is 0 Å². The fourth-order valence-corrected chi connectivity index (χ4v) is 4.47. The van der Waals surface area contributed by atoms with Gasteiger partial charge in [-0.15, -0.1) is 0 Å². The molecule has 1 aliphatic heterocycles. The molecule has 1 aliphatic rings. The molecule has 0 bridgehead atoms. The van der Waals surface area contributed by atoms with E-state index in [0.717, 1.165) is 24.2 Å². The minimum Gasteiger partial charge on any atom is -0.497 e. The van der Waals surface area contributed by atoms with E-state index in [1.54, 1.807) is 32.4 Å². The first-order chi connectivity index (χ1) is 18.0. The zero-order chi connectivity index (χ0) is 26.2. The van der Waals surface area contributed by atoms with Gasteiger partial charge in [-0.1, -0.05) is 18.2 Å². The molecule has 2 N–H and O–H groups in total. The molecule has 0 spiro atoms. The number of aromatic nitrogens is 1. The van der Waals surface area contributed by atoms with Gasteiger partial charge in [0, 0.05) is 44.2 Å². The molecule has 1 saturated heterocycles. The summed E-state index contributed by atoms with van der Waals surface area (Å²) in [7, 11) is 3.30. The van der Waals surface area contributed by atoms with Gasteiger partial charge in [0.05, 0.1) is 19.3 Å². The number of carbonyl (C=O) groups excluding carboxylic acids is 2. The zero-order valence-corrected chi connectivity index (χ0v) is 21.6. The van der Waals surface area contributed by atoms with Gasteiger partial charge in [0.25, 0.3) is 11.8 Å². The molecule has 1 aromatic heterocycles. The van der Waals surface area contributed by atoms with Gasteiger partial charge in [-0.2, -0.15) is 0 Å². The van der Waals surface area contributed by atoms with Crippen molar-refractivity contribution in [2.45, 2.75) is 25.7 Å². The van der Waals surface area contributed by atoms with Crippen molar-refractivity contribution in [3.05, 3.63) is 83.0 Å². The molecular formula is C29H34N4O4. The molecule has 0 atom stereocenters. The number of hydrogen-bond donors (Lipinski definition) is 2. The van der Waals surface area contributed by atoms with Gasteiger partial charge in [0.1, 0.15) is 11.6 Å². The van der Waals surface area contributed by atoms with E-state index in [4.69, 9.17) is 9.47 Å². The maximum absolute atomic E-state index is 13.3. The number of methoxy groups -OCH3 is 2. The number of nitrogens with zero attached hydrogens (tertiary/aromatic N) is 2. The van der Waals surface area contributed by atoms with Crippen LogP contribution in [0, 0.1) is 6.92 Å². The minimum absolute atomic E-state index is 0.0168. The summed E-state index contributed by atoms with van der Waals surface area (Å²) >= 11 is 0. The molecule has 0 unspecified atom stereocenters. The molecule has 37 heavy (non-hydrogen) atoms. The van der Waals surface area contributed by atoms with Crippen LogP contribution in [0.25, 0.3) is 0 Å². The van der Waals surface area contributed by atoms with Crippen molar-refractivity contribution in [1.82, 2.24) is 9.88 Å². The van der Waals surface area contributed by atoms with Crippen LogP contribution in [0.15, 0.2) is 60.8 Å². The average molecular weight is 503 g/mol. The first-order valence-electron chi connectivity index (χ1n) is 12.5. The summed E-state index contributed by atoms with van der Waals surface area (Å²) < 4.78 is 10.3. The van der Waals surface area contributed by atoms with E-state index in [2.05, 4.69) is 27.8 Å². The Labute approximate surface area is 218 Å². The Morgan fingerprint density at radius 2 is 1.73 bits per heavy atom. The number of amides is 2. The summed E-state index contributed by atoms with van der Waals surface area (Å²) in [5, 5.41) is 6.06. The molecule has 0 saturated carbocycles. The Bertz CT molecular complexity index is 1200. The number of likely N-dealkylation sites (tertiary alicyclic amines) is 1. The molecule has 2 amide bonds. The average Bonchev–Trinajstić information content (AvgIpc) is 2.94. The fraction of sp³-hybridized carbons (Fsp3) is 0.345. The summed E-state index contributed by atoms with van der Waals surface area (Å²) in [6, 6.07) is 17.1. The largest absolute Gasteiger partial charge is 0.497 e. The smallest absolute Gasteiger partial charge is 0.257 e. The van der Waals surface area contributed by atoms with Crippen LogP contribution in [0.4, 0.5) is 11.5 Å². The lowest BCUT2D eigenvalue weighted by Crippen LogP contribution is -2.38. The highest BCUT2D eigenvalue weighted by atomic mass is 16.5. The van der Waals surface area contributed by atoms with E-state index in [9.17, 15) is 9.59 Å². The molecule has 0 aliphatic carbocycles. The Balaban J connectivity index is 1.36. The predicted octanol–water partition coefficient (Wildman–Crippen LogP) is 4.73. The summed E-state index contributed by atoms with van der Waals surface area (Å²) in [4.78, 5) is 32.3. The van der Waals surface area contributed by atoms with Crippen LogP contribution < -0.4 is 15.4 Å². The third-order valence-electron chi connectivity index (χ3n) is 6.74. The third kappa shape index (κ3) is 6.65. The number of nitrogens with one attached hydrogen (secondary N) is 2. The van der Waals surface area contributed by atoms with Crippen LogP contribution in [0.2, 0.25) is 0 Å². The number of aryl methyl sites for hydroxylation is 1. The second kappa shape index (κ2) is 12.4. The van der Waals surface area contributed by atoms with Crippen LogP contribution >= 0.6 is 0 Å². The SMILES string of the molecule is COCCNc1ccc(C(=O)Nc2cc(C(=O)N3CCC(c4ccc(OC)cc4)CC3)ccc2C)cn1. The molecule has 8 heteroatoms. The normalized spacial score (nSPS) is 13.8. The molecule has 2 heterocycles. The van der Waals surface area contributed by atoms with Gasteiger partial charge in [-0.05, 0) is 73.2 Å². The molecule has 2 aromatic carbocycles. The molecular weight excluding hydrogens is 468 g/mol. The van der Waals surface area contributed by atoms with Crippen molar-refractivity contribution in [2.24, 2.45) is 0 Å². The van der Waals surface area contributed by atoms with Crippen molar-refractivity contribution < 1.29 is 19.1 Å². The first kappa shape index (κ1) is 26.2. The van der Waals surface area contributed by atoms with Crippen LogP contribution in [-0.4, -0.2) is 62.2 Å². The second-order valence-corrected chi connectivity index (χ2v) is 9.18. The molecule has 8 nitrogen and oxygen atoms in total. The maximum atomic E-state index is 13.3.